The average Bonchev–Trinajstić information content (AvgIpc) is 3.07. The lowest BCUT2D eigenvalue weighted by atomic mass is 10.1. The van der Waals surface area contributed by atoms with Gasteiger partial charge in [0.15, 0.2) is 5.82 Å². The molecule has 5 N–H and O–H groups in total. The van der Waals surface area contributed by atoms with Crippen molar-refractivity contribution < 1.29 is 24.0 Å². The summed E-state index contributed by atoms with van der Waals surface area (Å²) in [5.41, 5.74) is 8.77. The van der Waals surface area contributed by atoms with Crippen molar-refractivity contribution in [2.24, 2.45) is 0 Å². The highest BCUT2D eigenvalue weighted by Gasteiger charge is 2.20. The molecule has 4 rings (SSSR count). The van der Waals surface area contributed by atoms with Crippen molar-refractivity contribution >= 4 is 35.6 Å². The number of nitrogens with zero attached hydrogens (tertiary/aromatic N) is 3. The topological polar surface area (TPSA) is 144 Å². The lowest BCUT2D eigenvalue weighted by molar-refractivity contribution is 0.283. The van der Waals surface area contributed by atoms with Crippen LogP contribution in [0.1, 0.15) is 31.2 Å². The minimum absolute atomic E-state index is 0.0207. The van der Waals surface area contributed by atoms with E-state index in [2.05, 4.69) is 16.4 Å². The second-order valence-electron chi connectivity index (χ2n) is 7.30. The van der Waals surface area contributed by atoms with Crippen molar-refractivity contribution in [1.82, 2.24) is 14.5 Å². The van der Waals surface area contributed by atoms with Crippen molar-refractivity contribution in [2.75, 3.05) is 5.73 Å². The molecular formula is C21H23N4O5P. The number of aromatic nitrogens is 3. The summed E-state index contributed by atoms with van der Waals surface area (Å²) in [6, 6.07) is 11.7. The number of fused-ring (bicyclic) bond motifs is 3. The van der Waals surface area contributed by atoms with Crippen molar-refractivity contribution in [3.8, 4) is 11.5 Å². The number of hydrogen-bond acceptors (Lipinski definition) is 6. The first-order chi connectivity index (χ1) is 14.8. The lowest BCUT2D eigenvalue weighted by Crippen LogP contribution is -2.06. The highest BCUT2D eigenvalue weighted by Crippen LogP contribution is 2.39. The predicted octanol–water partition coefficient (Wildman–Crippen LogP) is 3.73. The first kappa shape index (κ1) is 21.1. The van der Waals surface area contributed by atoms with Crippen molar-refractivity contribution in [2.45, 2.75) is 32.7 Å². The van der Waals surface area contributed by atoms with Crippen LogP contribution < -0.4 is 10.3 Å². The fraction of sp³-hybridized carbons (Fsp3) is 0.238. The first-order valence-corrected chi connectivity index (χ1v) is 11.4. The normalized spacial score (nSPS) is 12.0. The number of aryl methyl sites for hydroxylation is 1. The van der Waals surface area contributed by atoms with Crippen molar-refractivity contribution in [3.63, 3.8) is 0 Å². The van der Waals surface area contributed by atoms with E-state index in [1.807, 2.05) is 28.8 Å². The predicted molar refractivity (Wildman–Crippen MR) is 118 cm³/mol. The van der Waals surface area contributed by atoms with Crippen molar-refractivity contribution in [3.05, 3.63) is 53.9 Å². The average molecular weight is 442 g/mol. The Morgan fingerprint density at radius 1 is 1.16 bits per heavy atom. The second-order valence-corrected chi connectivity index (χ2v) is 8.47. The zero-order valence-electron chi connectivity index (χ0n) is 16.9. The number of unbranched alkanes of at least 4 members (excludes halogenated alkanes) is 1. The first-order valence-electron chi connectivity index (χ1n) is 9.87. The molecule has 9 nitrogen and oxygen atoms in total. The Bertz CT molecular complexity index is 1310. The lowest BCUT2D eigenvalue weighted by Gasteiger charge is -2.14. The third-order valence-electron chi connectivity index (χ3n) is 5.05. The largest absolute Gasteiger partial charge is 0.524 e. The molecule has 0 aliphatic carbocycles. The summed E-state index contributed by atoms with van der Waals surface area (Å²) in [7, 11) is -4.72. The molecular weight excluding hydrogens is 419 g/mol. The summed E-state index contributed by atoms with van der Waals surface area (Å²) in [5.74, 6) is 1.06. The quantitative estimate of drug-likeness (QED) is 0.317. The van der Waals surface area contributed by atoms with E-state index in [1.165, 1.54) is 18.2 Å². The minimum Gasteiger partial charge on any atom is -0.508 e. The van der Waals surface area contributed by atoms with Gasteiger partial charge >= 0.3 is 7.82 Å². The second kappa shape index (κ2) is 8.19. The number of hydrogen-bond donors (Lipinski definition) is 4. The molecule has 162 valence electrons. The van der Waals surface area contributed by atoms with Gasteiger partial charge in [-0.3, -0.25) is 9.79 Å². The number of phenols is 1. The number of aromatic hydroxyl groups is 1. The number of benzene rings is 2. The molecule has 0 aliphatic heterocycles. The Morgan fingerprint density at radius 2 is 1.94 bits per heavy atom. The Labute approximate surface area is 178 Å². The van der Waals surface area contributed by atoms with Crippen molar-refractivity contribution in [1.29, 1.82) is 0 Å². The van der Waals surface area contributed by atoms with E-state index in [0.29, 0.717) is 23.3 Å². The molecule has 2 aromatic carbocycles. The number of phosphoric ester groups is 1. The monoisotopic (exact) mass is 442 g/mol. The summed E-state index contributed by atoms with van der Waals surface area (Å²) in [6.45, 7) is 2.31. The number of anilines is 1. The number of pyridine rings is 1. The summed E-state index contributed by atoms with van der Waals surface area (Å²) in [5, 5.41) is 11.3. The molecule has 0 fully saturated rings. The fourth-order valence-corrected chi connectivity index (χ4v) is 4.04. The number of phenolic OH excluding ortho intramolecular Hbond substituents is 1. The van der Waals surface area contributed by atoms with E-state index < -0.39 is 7.82 Å². The van der Waals surface area contributed by atoms with Gasteiger partial charge in [0.05, 0.1) is 17.6 Å². The molecule has 0 radical (unpaired) electrons. The smallest absolute Gasteiger partial charge is 0.508 e. The van der Waals surface area contributed by atoms with Crippen LogP contribution in [0.25, 0.3) is 21.9 Å². The fourth-order valence-electron chi connectivity index (χ4n) is 3.65. The van der Waals surface area contributed by atoms with E-state index >= 15 is 0 Å². The van der Waals surface area contributed by atoms with Crippen LogP contribution in [-0.4, -0.2) is 29.4 Å². The highest BCUT2D eigenvalue weighted by molar-refractivity contribution is 7.46. The number of rotatable bonds is 7. The number of para-hydroxylation sites is 1. The minimum atomic E-state index is -4.72. The van der Waals surface area contributed by atoms with E-state index in [-0.39, 0.29) is 18.0 Å². The zero-order valence-corrected chi connectivity index (χ0v) is 17.8. The summed E-state index contributed by atoms with van der Waals surface area (Å²) in [6.07, 6.45) is 2.61. The summed E-state index contributed by atoms with van der Waals surface area (Å²) < 4.78 is 17.9. The Balaban J connectivity index is 1.90. The van der Waals surface area contributed by atoms with Gasteiger partial charge in [-0.15, -0.1) is 0 Å². The molecule has 0 aliphatic rings. The Kier molecular flexibility index (Phi) is 5.58. The number of nitrogen functional groups attached to an aromatic ring is 1. The third kappa shape index (κ3) is 4.34. The van der Waals surface area contributed by atoms with Gasteiger partial charge in [0, 0.05) is 17.4 Å². The van der Waals surface area contributed by atoms with E-state index in [9.17, 15) is 9.67 Å². The SMILES string of the molecule is CCCCc1nc2c(N)nc3ccccc3c2n1Cc1cc(OP(=O)(O)O)ccc1O. The third-order valence-corrected chi connectivity index (χ3v) is 5.50. The Hall–Kier alpha value is -3.13. The van der Waals surface area contributed by atoms with Crippen LogP contribution >= 0.6 is 7.82 Å². The molecule has 2 heterocycles. The van der Waals surface area contributed by atoms with Crippen LogP contribution in [0.15, 0.2) is 42.5 Å². The standard InChI is InChI=1S/C21H23N4O5P/c1-2-3-8-18-24-19-20(15-6-4-5-7-16(15)23-21(19)22)25(18)12-13-11-14(9-10-17(13)26)30-31(27,28)29/h4-7,9-11,26H,2-3,8,12H2,1H3,(H2,22,23)(H2,27,28,29). The maximum atomic E-state index is 11.2. The van der Waals surface area contributed by atoms with Gasteiger partial charge in [-0.25, -0.2) is 14.5 Å². The van der Waals surface area contributed by atoms with Crippen LogP contribution in [0, 0.1) is 0 Å². The van der Waals surface area contributed by atoms with Crippen LogP contribution in [0.4, 0.5) is 5.82 Å². The van der Waals surface area contributed by atoms with Gasteiger partial charge in [-0.2, -0.15) is 0 Å². The maximum absolute atomic E-state index is 11.2. The molecule has 4 aromatic rings. The van der Waals surface area contributed by atoms with Gasteiger partial charge in [0.25, 0.3) is 0 Å². The summed E-state index contributed by atoms with van der Waals surface area (Å²) >= 11 is 0. The molecule has 0 spiro atoms. The maximum Gasteiger partial charge on any atom is 0.524 e. The molecule has 0 atom stereocenters. The van der Waals surface area contributed by atoms with E-state index in [1.54, 1.807) is 0 Å². The molecule has 2 aromatic heterocycles. The van der Waals surface area contributed by atoms with Crippen LogP contribution in [-0.2, 0) is 17.5 Å². The number of phosphoric acid groups is 1. The molecule has 0 unspecified atom stereocenters. The molecule has 31 heavy (non-hydrogen) atoms. The number of imidazole rings is 1. The number of nitrogens with two attached hydrogens (primary N) is 1. The van der Waals surface area contributed by atoms with Gasteiger partial charge in [0.2, 0.25) is 0 Å². The molecule has 0 amide bonds. The zero-order chi connectivity index (χ0) is 22.2. The van der Waals surface area contributed by atoms with Gasteiger partial charge in [0.1, 0.15) is 22.8 Å². The van der Waals surface area contributed by atoms with Crippen LogP contribution in [0.5, 0.6) is 11.5 Å². The van der Waals surface area contributed by atoms with Gasteiger partial charge in [-0.1, -0.05) is 31.5 Å². The molecule has 10 heteroatoms. The molecule has 0 saturated heterocycles. The van der Waals surface area contributed by atoms with Crippen LogP contribution in [0.3, 0.4) is 0 Å². The van der Waals surface area contributed by atoms with Gasteiger partial charge in [-0.05, 0) is 30.7 Å². The Morgan fingerprint density at radius 3 is 2.68 bits per heavy atom. The summed E-state index contributed by atoms with van der Waals surface area (Å²) in [4.78, 5) is 27.4. The molecule has 0 saturated carbocycles. The molecule has 0 bridgehead atoms. The van der Waals surface area contributed by atoms with Gasteiger partial charge < -0.3 is 19.9 Å². The highest BCUT2D eigenvalue weighted by atomic mass is 31.2. The van der Waals surface area contributed by atoms with E-state index in [4.69, 9.17) is 20.5 Å². The van der Waals surface area contributed by atoms with Crippen LogP contribution in [0.2, 0.25) is 0 Å². The van der Waals surface area contributed by atoms with E-state index in [0.717, 1.165) is 35.1 Å².